The van der Waals surface area contributed by atoms with Gasteiger partial charge >= 0.3 is 0 Å². The quantitative estimate of drug-likeness (QED) is 0.848. The molecule has 0 unspecified atom stereocenters. The minimum Gasteiger partial charge on any atom is -0.484 e. The predicted molar refractivity (Wildman–Crippen MR) is 64.5 cm³/mol. The zero-order chi connectivity index (χ0) is 12.8. The number of hydrogen-bond donors (Lipinski definition) is 2. The van der Waals surface area contributed by atoms with Gasteiger partial charge in [-0.2, -0.15) is 0 Å². The number of rotatable bonds is 5. The number of halogens is 1. The Morgan fingerprint density at radius 3 is 2.72 bits per heavy atom. The Morgan fingerprint density at radius 1 is 1.28 bits per heavy atom. The van der Waals surface area contributed by atoms with Crippen molar-refractivity contribution < 1.29 is 13.9 Å². The summed E-state index contributed by atoms with van der Waals surface area (Å²) in [5.74, 6) is -0.0898. The van der Waals surface area contributed by atoms with Gasteiger partial charge in [-0.05, 0) is 35.9 Å². The van der Waals surface area contributed by atoms with Crippen LogP contribution in [0.5, 0.6) is 5.75 Å². The Bertz CT molecular complexity index is 494. The van der Waals surface area contributed by atoms with Gasteiger partial charge in [-0.25, -0.2) is 4.39 Å². The molecule has 0 aliphatic carbocycles. The van der Waals surface area contributed by atoms with E-state index in [4.69, 9.17) is 4.74 Å². The van der Waals surface area contributed by atoms with Gasteiger partial charge in [0.2, 0.25) is 0 Å². The molecule has 0 saturated carbocycles. The molecule has 4 nitrogen and oxygen atoms in total. The van der Waals surface area contributed by atoms with Gasteiger partial charge in [0.15, 0.2) is 6.61 Å². The lowest BCUT2D eigenvalue weighted by Gasteiger charge is -2.06. The van der Waals surface area contributed by atoms with Crippen LogP contribution in [0.2, 0.25) is 0 Å². The summed E-state index contributed by atoms with van der Waals surface area (Å²) in [6.45, 7) is 0.366. The van der Waals surface area contributed by atoms with Gasteiger partial charge in [-0.3, -0.25) is 4.79 Å². The first-order chi connectivity index (χ1) is 8.74. The highest BCUT2D eigenvalue weighted by Crippen LogP contribution is 2.10. The lowest BCUT2D eigenvalue weighted by Crippen LogP contribution is -2.28. The summed E-state index contributed by atoms with van der Waals surface area (Å²) in [7, 11) is 0. The van der Waals surface area contributed by atoms with Gasteiger partial charge < -0.3 is 15.0 Å². The van der Waals surface area contributed by atoms with Crippen molar-refractivity contribution in [2.45, 2.75) is 6.54 Å². The summed E-state index contributed by atoms with van der Waals surface area (Å²) >= 11 is 0. The van der Waals surface area contributed by atoms with Gasteiger partial charge in [-0.1, -0.05) is 0 Å². The molecule has 0 bridgehead atoms. The number of hydrogen-bond acceptors (Lipinski definition) is 2. The Balaban J connectivity index is 1.73. The number of ether oxygens (including phenoxy) is 1. The van der Waals surface area contributed by atoms with Gasteiger partial charge in [0.25, 0.3) is 5.91 Å². The zero-order valence-electron chi connectivity index (χ0n) is 9.65. The lowest BCUT2D eigenvalue weighted by atomic mass is 10.3. The van der Waals surface area contributed by atoms with Crippen LogP contribution in [0, 0.1) is 5.82 Å². The number of carbonyl (C=O) groups is 1. The van der Waals surface area contributed by atoms with E-state index in [1.165, 1.54) is 24.3 Å². The molecule has 2 N–H and O–H groups in total. The normalized spacial score (nSPS) is 10.1. The summed E-state index contributed by atoms with van der Waals surface area (Å²) in [5, 5.41) is 2.71. The highest BCUT2D eigenvalue weighted by molar-refractivity contribution is 5.77. The fourth-order valence-corrected chi connectivity index (χ4v) is 1.40. The summed E-state index contributed by atoms with van der Waals surface area (Å²) in [6.07, 6.45) is 3.59. The van der Waals surface area contributed by atoms with Crippen LogP contribution in [-0.4, -0.2) is 17.5 Å². The lowest BCUT2D eigenvalue weighted by molar-refractivity contribution is -0.123. The minimum absolute atomic E-state index is 0.0872. The van der Waals surface area contributed by atoms with Crippen molar-refractivity contribution in [2.75, 3.05) is 6.61 Å². The van der Waals surface area contributed by atoms with Crippen LogP contribution in [0.1, 0.15) is 5.56 Å². The predicted octanol–water partition coefficient (Wildman–Crippen LogP) is 1.85. The Kier molecular flexibility index (Phi) is 3.96. The van der Waals surface area contributed by atoms with E-state index in [2.05, 4.69) is 10.3 Å². The number of aromatic amines is 1. The van der Waals surface area contributed by atoms with Crippen LogP contribution < -0.4 is 10.1 Å². The number of benzene rings is 1. The Hall–Kier alpha value is -2.30. The molecule has 5 heteroatoms. The Labute approximate surface area is 104 Å². The third-order valence-electron chi connectivity index (χ3n) is 2.34. The summed E-state index contributed by atoms with van der Waals surface area (Å²) in [5.41, 5.74) is 0.991. The molecule has 18 heavy (non-hydrogen) atoms. The van der Waals surface area contributed by atoms with Gasteiger partial charge in [0.1, 0.15) is 11.6 Å². The molecule has 0 spiro atoms. The van der Waals surface area contributed by atoms with Crippen molar-refractivity contribution in [3.05, 3.63) is 54.1 Å². The number of aromatic nitrogens is 1. The minimum atomic E-state index is -0.334. The Morgan fingerprint density at radius 2 is 2.06 bits per heavy atom. The monoisotopic (exact) mass is 248 g/mol. The third kappa shape index (κ3) is 3.62. The zero-order valence-corrected chi connectivity index (χ0v) is 9.65. The average Bonchev–Trinajstić information content (AvgIpc) is 2.89. The summed E-state index contributed by atoms with van der Waals surface area (Å²) < 4.78 is 17.8. The number of amides is 1. The second-order valence-electron chi connectivity index (χ2n) is 3.74. The largest absolute Gasteiger partial charge is 0.484 e. The smallest absolute Gasteiger partial charge is 0.258 e. The molecule has 0 fully saturated rings. The number of carbonyl (C=O) groups excluding carboxylic acids is 1. The molecule has 0 aliphatic heterocycles. The molecule has 0 saturated heterocycles. The fourth-order valence-electron chi connectivity index (χ4n) is 1.40. The first-order valence-electron chi connectivity index (χ1n) is 5.51. The summed E-state index contributed by atoms with van der Waals surface area (Å²) in [4.78, 5) is 14.4. The molecule has 1 amide bonds. The van der Waals surface area contributed by atoms with Gasteiger partial charge in [0, 0.05) is 18.9 Å². The standard InChI is InChI=1S/C13H13FN2O2/c14-11-1-3-12(4-2-11)18-9-13(17)16-8-10-5-6-15-7-10/h1-7,15H,8-9H2,(H,16,17). The molecule has 0 atom stereocenters. The van der Waals surface area contributed by atoms with E-state index in [0.29, 0.717) is 12.3 Å². The van der Waals surface area contributed by atoms with E-state index in [1.807, 2.05) is 6.07 Å². The second-order valence-corrected chi connectivity index (χ2v) is 3.74. The number of nitrogens with one attached hydrogen (secondary N) is 2. The van der Waals surface area contributed by atoms with Crippen molar-refractivity contribution in [2.24, 2.45) is 0 Å². The maximum absolute atomic E-state index is 12.6. The maximum Gasteiger partial charge on any atom is 0.258 e. The van der Waals surface area contributed by atoms with E-state index in [0.717, 1.165) is 5.56 Å². The molecular weight excluding hydrogens is 235 g/mol. The van der Waals surface area contributed by atoms with Crippen LogP contribution in [0.3, 0.4) is 0 Å². The fraction of sp³-hybridized carbons (Fsp3) is 0.154. The molecule has 94 valence electrons. The van der Waals surface area contributed by atoms with E-state index in [1.54, 1.807) is 12.4 Å². The first-order valence-corrected chi connectivity index (χ1v) is 5.51. The van der Waals surface area contributed by atoms with Crippen molar-refractivity contribution in [3.63, 3.8) is 0 Å². The van der Waals surface area contributed by atoms with Crippen molar-refractivity contribution >= 4 is 5.91 Å². The highest BCUT2D eigenvalue weighted by atomic mass is 19.1. The van der Waals surface area contributed by atoms with Gasteiger partial charge in [-0.15, -0.1) is 0 Å². The van der Waals surface area contributed by atoms with Crippen LogP contribution in [-0.2, 0) is 11.3 Å². The number of H-pyrrole nitrogens is 1. The van der Waals surface area contributed by atoms with Crippen molar-refractivity contribution in [1.82, 2.24) is 10.3 Å². The molecular formula is C13H13FN2O2. The van der Waals surface area contributed by atoms with Crippen LogP contribution in [0.4, 0.5) is 4.39 Å². The topological polar surface area (TPSA) is 54.1 Å². The van der Waals surface area contributed by atoms with E-state index in [-0.39, 0.29) is 18.3 Å². The van der Waals surface area contributed by atoms with Crippen molar-refractivity contribution in [3.8, 4) is 5.75 Å². The summed E-state index contributed by atoms with van der Waals surface area (Å²) in [6, 6.07) is 7.41. The third-order valence-corrected chi connectivity index (χ3v) is 2.34. The molecule has 1 heterocycles. The average molecular weight is 248 g/mol. The maximum atomic E-state index is 12.6. The molecule has 2 aromatic rings. The van der Waals surface area contributed by atoms with Gasteiger partial charge in [0.05, 0.1) is 0 Å². The molecule has 0 radical (unpaired) electrons. The van der Waals surface area contributed by atoms with E-state index >= 15 is 0 Å². The van der Waals surface area contributed by atoms with Crippen LogP contribution >= 0.6 is 0 Å². The molecule has 0 aliphatic rings. The second kappa shape index (κ2) is 5.86. The highest BCUT2D eigenvalue weighted by Gasteiger charge is 2.03. The molecule has 2 rings (SSSR count). The van der Waals surface area contributed by atoms with Crippen LogP contribution in [0.25, 0.3) is 0 Å². The van der Waals surface area contributed by atoms with Crippen LogP contribution in [0.15, 0.2) is 42.7 Å². The molecule has 1 aromatic heterocycles. The van der Waals surface area contributed by atoms with E-state index < -0.39 is 0 Å². The van der Waals surface area contributed by atoms with Crippen molar-refractivity contribution in [1.29, 1.82) is 0 Å². The molecule has 1 aromatic carbocycles. The van der Waals surface area contributed by atoms with E-state index in [9.17, 15) is 9.18 Å². The SMILES string of the molecule is O=C(COc1ccc(F)cc1)NCc1cc[nH]c1. The first kappa shape index (κ1) is 12.2.